The summed E-state index contributed by atoms with van der Waals surface area (Å²) in [6.45, 7) is 1.83. The number of benzene rings is 1. The molecule has 4 heteroatoms. The summed E-state index contributed by atoms with van der Waals surface area (Å²) in [7, 11) is 1.39. The van der Waals surface area contributed by atoms with Crippen molar-refractivity contribution in [2.45, 2.75) is 19.8 Å². The molecule has 1 aromatic carbocycles. The van der Waals surface area contributed by atoms with Crippen LogP contribution in [0.4, 0.5) is 0 Å². The number of hydrogen-bond acceptors (Lipinski definition) is 3. The molecule has 0 spiro atoms. The Labute approximate surface area is 112 Å². The molecule has 0 heterocycles. The second-order valence-corrected chi connectivity index (χ2v) is 4.56. The number of hydrogen-bond donors (Lipinski definition) is 0. The third kappa shape index (κ3) is 4.49. The average Bonchev–Trinajstić information content (AvgIpc) is 2.39. The van der Waals surface area contributed by atoms with Crippen LogP contribution in [-0.2, 0) is 27.2 Å². The van der Waals surface area contributed by atoms with Crippen LogP contribution in [0.15, 0.2) is 24.3 Å². The summed E-state index contributed by atoms with van der Waals surface area (Å²) in [6.07, 6.45) is 0.993. The zero-order valence-electron chi connectivity index (χ0n) is 10.6. The zero-order chi connectivity index (χ0) is 13.5. The van der Waals surface area contributed by atoms with Gasteiger partial charge < -0.3 is 4.74 Å². The quantitative estimate of drug-likeness (QED) is 0.588. The maximum Gasteiger partial charge on any atom is 0.308 e. The highest BCUT2D eigenvalue weighted by Gasteiger charge is 2.13. The number of esters is 1. The molecule has 1 atom stereocenters. The molecular weight excluding hydrogens is 252 g/mol. The number of Topliss-reactive ketones (excluding diaryl/α,β-unsaturated/α-hetero) is 1. The molecule has 0 saturated carbocycles. The van der Waals surface area contributed by atoms with Crippen LogP contribution in [0.2, 0.25) is 0 Å². The van der Waals surface area contributed by atoms with E-state index in [0.717, 1.165) is 11.1 Å². The van der Waals surface area contributed by atoms with Gasteiger partial charge >= 0.3 is 5.97 Å². The molecule has 0 radical (unpaired) electrons. The van der Waals surface area contributed by atoms with Crippen molar-refractivity contribution in [3.63, 3.8) is 0 Å². The monoisotopic (exact) mass is 268 g/mol. The van der Waals surface area contributed by atoms with Gasteiger partial charge in [0.15, 0.2) is 5.78 Å². The van der Waals surface area contributed by atoms with Crippen LogP contribution in [0, 0.1) is 5.92 Å². The van der Waals surface area contributed by atoms with E-state index in [4.69, 9.17) is 11.6 Å². The standard InChI is InChI=1S/C14H17ClO3/c1-10(14(17)18-2)7-11-3-5-12(6-4-11)8-13(16)9-15/h3-6,10H,7-9H2,1-2H3/t10-/m0/s1. The second kappa shape index (κ2) is 7.17. The summed E-state index contributed by atoms with van der Waals surface area (Å²) < 4.78 is 4.68. The van der Waals surface area contributed by atoms with E-state index in [-0.39, 0.29) is 23.6 Å². The lowest BCUT2D eigenvalue weighted by molar-refractivity contribution is -0.144. The molecule has 0 aliphatic rings. The van der Waals surface area contributed by atoms with Gasteiger partial charge in [-0.25, -0.2) is 0 Å². The molecule has 0 saturated heterocycles. The topological polar surface area (TPSA) is 43.4 Å². The number of rotatable bonds is 6. The molecule has 0 aliphatic carbocycles. The molecule has 0 N–H and O–H groups in total. The average molecular weight is 269 g/mol. The molecule has 0 aliphatic heterocycles. The van der Waals surface area contributed by atoms with Gasteiger partial charge in [-0.15, -0.1) is 11.6 Å². The van der Waals surface area contributed by atoms with Crippen molar-refractivity contribution in [2.75, 3.05) is 13.0 Å². The second-order valence-electron chi connectivity index (χ2n) is 4.29. The Hall–Kier alpha value is -1.35. The summed E-state index contributed by atoms with van der Waals surface area (Å²) in [6, 6.07) is 7.64. The Morgan fingerprint density at radius 2 is 1.78 bits per heavy atom. The fourth-order valence-electron chi connectivity index (χ4n) is 1.71. The van der Waals surface area contributed by atoms with Crippen molar-refractivity contribution in [1.29, 1.82) is 0 Å². The third-order valence-corrected chi connectivity index (χ3v) is 3.02. The Morgan fingerprint density at radius 3 is 2.28 bits per heavy atom. The van der Waals surface area contributed by atoms with E-state index in [1.165, 1.54) is 7.11 Å². The first-order valence-corrected chi connectivity index (χ1v) is 6.33. The lowest BCUT2D eigenvalue weighted by atomic mass is 9.99. The third-order valence-electron chi connectivity index (χ3n) is 2.72. The molecule has 0 aromatic heterocycles. The van der Waals surface area contributed by atoms with Gasteiger partial charge in [-0.2, -0.15) is 0 Å². The Kier molecular flexibility index (Phi) is 5.86. The first kappa shape index (κ1) is 14.7. The van der Waals surface area contributed by atoms with Gasteiger partial charge in [-0.1, -0.05) is 31.2 Å². The van der Waals surface area contributed by atoms with Crippen molar-refractivity contribution in [3.8, 4) is 0 Å². The van der Waals surface area contributed by atoms with Crippen molar-refractivity contribution in [1.82, 2.24) is 0 Å². The van der Waals surface area contributed by atoms with E-state index in [1.807, 2.05) is 31.2 Å². The number of carbonyl (C=O) groups excluding carboxylic acids is 2. The van der Waals surface area contributed by atoms with Crippen molar-refractivity contribution in [2.24, 2.45) is 5.92 Å². The van der Waals surface area contributed by atoms with Crippen LogP contribution in [0.3, 0.4) is 0 Å². The summed E-state index contributed by atoms with van der Waals surface area (Å²) in [5.41, 5.74) is 1.99. The fourth-order valence-corrected chi connectivity index (χ4v) is 1.80. The van der Waals surface area contributed by atoms with Crippen molar-refractivity contribution in [3.05, 3.63) is 35.4 Å². The maximum atomic E-state index is 11.3. The van der Waals surface area contributed by atoms with Gasteiger partial charge in [0.1, 0.15) is 0 Å². The molecule has 0 bridgehead atoms. The van der Waals surface area contributed by atoms with Gasteiger partial charge in [-0.3, -0.25) is 9.59 Å². The van der Waals surface area contributed by atoms with Crippen LogP contribution >= 0.6 is 11.6 Å². The van der Waals surface area contributed by atoms with E-state index in [1.54, 1.807) is 0 Å². The number of ether oxygens (including phenoxy) is 1. The zero-order valence-corrected chi connectivity index (χ0v) is 11.4. The van der Waals surface area contributed by atoms with E-state index >= 15 is 0 Å². The first-order chi connectivity index (χ1) is 8.56. The molecule has 3 nitrogen and oxygen atoms in total. The molecule has 1 rings (SSSR count). The number of alkyl halides is 1. The highest BCUT2D eigenvalue weighted by atomic mass is 35.5. The van der Waals surface area contributed by atoms with Gasteiger partial charge in [0.05, 0.1) is 18.9 Å². The lowest BCUT2D eigenvalue weighted by Gasteiger charge is -2.09. The molecule has 1 aromatic rings. The van der Waals surface area contributed by atoms with Crippen LogP contribution in [0.1, 0.15) is 18.1 Å². The van der Waals surface area contributed by atoms with Crippen molar-refractivity contribution < 1.29 is 14.3 Å². The van der Waals surface area contributed by atoms with Crippen LogP contribution in [0.5, 0.6) is 0 Å². The molecule has 18 heavy (non-hydrogen) atoms. The fraction of sp³-hybridized carbons (Fsp3) is 0.429. The smallest absolute Gasteiger partial charge is 0.308 e. The number of methoxy groups -OCH3 is 1. The summed E-state index contributed by atoms with van der Waals surface area (Å²) in [5, 5.41) is 0. The minimum atomic E-state index is -0.212. The van der Waals surface area contributed by atoms with E-state index < -0.39 is 0 Å². The predicted molar refractivity (Wildman–Crippen MR) is 70.8 cm³/mol. The minimum absolute atomic E-state index is 0.00680. The van der Waals surface area contributed by atoms with Gasteiger partial charge in [-0.05, 0) is 17.5 Å². The Bertz CT molecular complexity index is 412. The predicted octanol–water partition coefficient (Wildman–Crippen LogP) is 2.39. The highest BCUT2D eigenvalue weighted by molar-refractivity contribution is 6.27. The van der Waals surface area contributed by atoms with Crippen LogP contribution in [-0.4, -0.2) is 24.7 Å². The van der Waals surface area contributed by atoms with E-state index in [0.29, 0.717) is 12.8 Å². The SMILES string of the molecule is COC(=O)[C@@H](C)Cc1ccc(CC(=O)CCl)cc1. The molecule has 0 fully saturated rings. The molecule has 98 valence electrons. The van der Waals surface area contributed by atoms with Crippen LogP contribution < -0.4 is 0 Å². The molecule has 0 unspecified atom stereocenters. The lowest BCUT2D eigenvalue weighted by Crippen LogP contribution is -2.15. The Balaban J connectivity index is 2.60. The summed E-state index contributed by atoms with van der Waals surface area (Å²) in [4.78, 5) is 22.5. The molecule has 0 amide bonds. The summed E-state index contributed by atoms with van der Waals surface area (Å²) in [5.74, 6) is -0.324. The van der Waals surface area contributed by atoms with Crippen molar-refractivity contribution >= 4 is 23.4 Å². The maximum absolute atomic E-state index is 11.3. The normalized spacial score (nSPS) is 11.9. The number of halogens is 1. The highest BCUT2D eigenvalue weighted by Crippen LogP contribution is 2.12. The van der Waals surface area contributed by atoms with Gasteiger partial charge in [0.2, 0.25) is 0 Å². The Morgan fingerprint density at radius 1 is 1.22 bits per heavy atom. The largest absolute Gasteiger partial charge is 0.469 e. The van der Waals surface area contributed by atoms with E-state index in [2.05, 4.69) is 4.74 Å². The van der Waals surface area contributed by atoms with Crippen LogP contribution in [0.25, 0.3) is 0 Å². The molecular formula is C14H17ClO3. The summed E-state index contributed by atoms with van der Waals surface area (Å²) >= 11 is 5.45. The van der Waals surface area contributed by atoms with Gasteiger partial charge in [0, 0.05) is 6.42 Å². The van der Waals surface area contributed by atoms with E-state index in [9.17, 15) is 9.59 Å². The van der Waals surface area contributed by atoms with Gasteiger partial charge in [0.25, 0.3) is 0 Å². The minimum Gasteiger partial charge on any atom is -0.469 e. The number of ketones is 1. The first-order valence-electron chi connectivity index (χ1n) is 5.80. The number of carbonyl (C=O) groups is 2.